The smallest absolute Gasteiger partial charge is 0.240 e. The fourth-order valence-electron chi connectivity index (χ4n) is 1.38. The molecule has 0 aliphatic heterocycles. The lowest BCUT2D eigenvalue weighted by molar-refractivity contribution is 0.414. The molecule has 1 unspecified atom stereocenters. The Hall–Kier alpha value is -0.980. The van der Waals surface area contributed by atoms with Crippen LogP contribution in [-0.2, 0) is 10.0 Å². The largest absolute Gasteiger partial charge is 0.389 e. The van der Waals surface area contributed by atoms with E-state index in [1.807, 2.05) is 6.92 Å². The standard InChI is InChI=1S/C13H20N2O2S2/c1-9(2)10(3)8-15-19(16,17)12-6-4-5-11(7-12)13(14)18/h4-7,9-10,15H,8H2,1-3H3,(H2,14,18). The zero-order valence-electron chi connectivity index (χ0n) is 11.4. The topological polar surface area (TPSA) is 72.2 Å². The lowest BCUT2D eigenvalue weighted by Crippen LogP contribution is -2.30. The van der Waals surface area contributed by atoms with Gasteiger partial charge in [0.05, 0.1) is 4.90 Å². The molecule has 0 heterocycles. The highest BCUT2D eigenvalue weighted by Gasteiger charge is 2.17. The predicted molar refractivity (Wildman–Crippen MR) is 81.5 cm³/mol. The second kappa shape index (κ2) is 6.45. The van der Waals surface area contributed by atoms with Gasteiger partial charge in [0.2, 0.25) is 10.0 Å². The van der Waals surface area contributed by atoms with Gasteiger partial charge in [-0.05, 0) is 24.0 Å². The molecule has 0 saturated heterocycles. The summed E-state index contributed by atoms with van der Waals surface area (Å²) in [5.74, 6) is 0.694. The van der Waals surface area contributed by atoms with E-state index >= 15 is 0 Å². The molecular weight excluding hydrogens is 280 g/mol. The molecule has 0 spiro atoms. The highest BCUT2D eigenvalue weighted by Crippen LogP contribution is 2.13. The van der Waals surface area contributed by atoms with Crippen molar-refractivity contribution in [3.8, 4) is 0 Å². The van der Waals surface area contributed by atoms with Crippen LogP contribution in [0.25, 0.3) is 0 Å². The van der Waals surface area contributed by atoms with E-state index in [-0.39, 0.29) is 15.8 Å². The number of rotatable bonds is 6. The van der Waals surface area contributed by atoms with E-state index in [4.69, 9.17) is 18.0 Å². The van der Waals surface area contributed by atoms with Gasteiger partial charge >= 0.3 is 0 Å². The molecule has 4 nitrogen and oxygen atoms in total. The zero-order valence-corrected chi connectivity index (χ0v) is 13.0. The summed E-state index contributed by atoms with van der Waals surface area (Å²) in [4.78, 5) is 0.376. The van der Waals surface area contributed by atoms with Gasteiger partial charge in [0.25, 0.3) is 0 Å². The van der Waals surface area contributed by atoms with Gasteiger partial charge in [-0.15, -0.1) is 0 Å². The van der Waals surface area contributed by atoms with Crippen LogP contribution in [0.4, 0.5) is 0 Å². The number of nitrogens with two attached hydrogens (primary N) is 1. The Morgan fingerprint density at radius 1 is 1.37 bits per heavy atom. The van der Waals surface area contributed by atoms with Crippen LogP contribution in [0.5, 0.6) is 0 Å². The highest BCUT2D eigenvalue weighted by molar-refractivity contribution is 7.89. The van der Waals surface area contributed by atoms with E-state index in [0.717, 1.165) is 0 Å². The predicted octanol–water partition coefficient (Wildman–Crippen LogP) is 1.89. The molecule has 1 aromatic rings. The Bertz CT molecular complexity index is 554. The number of benzene rings is 1. The van der Waals surface area contributed by atoms with Gasteiger partial charge in [0.15, 0.2) is 0 Å². The zero-order chi connectivity index (χ0) is 14.6. The third-order valence-electron chi connectivity index (χ3n) is 3.16. The lowest BCUT2D eigenvalue weighted by Gasteiger charge is -2.16. The van der Waals surface area contributed by atoms with Crippen LogP contribution in [0.1, 0.15) is 26.3 Å². The van der Waals surface area contributed by atoms with Crippen LogP contribution in [0, 0.1) is 11.8 Å². The minimum absolute atomic E-state index is 0.188. The van der Waals surface area contributed by atoms with E-state index in [2.05, 4.69) is 18.6 Å². The fourth-order valence-corrected chi connectivity index (χ4v) is 2.69. The summed E-state index contributed by atoms with van der Waals surface area (Å²) in [6, 6.07) is 6.35. The third kappa shape index (κ3) is 4.56. The maximum atomic E-state index is 12.1. The molecule has 0 fully saturated rings. The fraction of sp³-hybridized carbons (Fsp3) is 0.462. The first-order valence-electron chi connectivity index (χ1n) is 6.13. The van der Waals surface area contributed by atoms with E-state index in [1.54, 1.807) is 12.1 Å². The second-order valence-electron chi connectivity index (χ2n) is 4.97. The number of hydrogen-bond donors (Lipinski definition) is 2. The Kier molecular flexibility index (Phi) is 5.46. The van der Waals surface area contributed by atoms with E-state index in [1.165, 1.54) is 12.1 Å². The first-order chi connectivity index (χ1) is 8.74. The normalized spacial score (nSPS) is 13.5. The van der Waals surface area contributed by atoms with E-state index in [0.29, 0.717) is 18.0 Å². The van der Waals surface area contributed by atoms with Crippen molar-refractivity contribution in [1.82, 2.24) is 4.72 Å². The van der Waals surface area contributed by atoms with Crippen LogP contribution in [0.2, 0.25) is 0 Å². The van der Waals surface area contributed by atoms with Crippen LogP contribution in [-0.4, -0.2) is 20.0 Å². The average molecular weight is 300 g/mol. The van der Waals surface area contributed by atoms with Crippen LogP contribution in [0.3, 0.4) is 0 Å². The van der Waals surface area contributed by atoms with Crippen molar-refractivity contribution >= 4 is 27.2 Å². The molecule has 6 heteroatoms. The second-order valence-corrected chi connectivity index (χ2v) is 7.17. The molecule has 0 aliphatic carbocycles. The first-order valence-corrected chi connectivity index (χ1v) is 8.02. The van der Waals surface area contributed by atoms with Crippen molar-refractivity contribution in [2.45, 2.75) is 25.7 Å². The molecule has 106 valence electrons. The molecule has 3 N–H and O–H groups in total. The molecular formula is C13H20N2O2S2. The maximum absolute atomic E-state index is 12.1. The monoisotopic (exact) mass is 300 g/mol. The van der Waals surface area contributed by atoms with Crippen LogP contribution >= 0.6 is 12.2 Å². The van der Waals surface area contributed by atoms with E-state index in [9.17, 15) is 8.42 Å². The summed E-state index contributed by atoms with van der Waals surface area (Å²) in [5, 5.41) is 0. The van der Waals surface area contributed by atoms with Gasteiger partial charge in [-0.25, -0.2) is 13.1 Å². The minimum Gasteiger partial charge on any atom is -0.389 e. The summed E-state index contributed by atoms with van der Waals surface area (Å²) >= 11 is 4.85. The van der Waals surface area contributed by atoms with Gasteiger partial charge in [0.1, 0.15) is 4.99 Å². The van der Waals surface area contributed by atoms with Gasteiger partial charge in [0, 0.05) is 12.1 Å². The molecule has 0 saturated carbocycles. The molecule has 0 bridgehead atoms. The number of nitrogens with one attached hydrogen (secondary N) is 1. The Balaban J connectivity index is 2.89. The molecule has 0 amide bonds. The summed E-state index contributed by atoms with van der Waals surface area (Å²) in [5.41, 5.74) is 6.05. The molecule has 19 heavy (non-hydrogen) atoms. The Morgan fingerprint density at radius 2 is 2.00 bits per heavy atom. The molecule has 0 aliphatic rings. The summed E-state index contributed by atoms with van der Waals surface area (Å²) in [6.45, 7) is 6.55. The van der Waals surface area contributed by atoms with Crippen molar-refractivity contribution in [2.24, 2.45) is 17.6 Å². The van der Waals surface area contributed by atoms with Gasteiger partial charge < -0.3 is 5.73 Å². The van der Waals surface area contributed by atoms with Crippen molar-refractivity contribution in [3.05, 3.63) is 29.8 Å². The van der Waals surface area contributed by atoms with Crippen molar-refractivity contribution in [1.29, 1.82) is 0 Å². The van der Waals surface area contributed by atoms with Crippen molar-refractivity contribution < 1.29 is 8.42 Å². The number of hydrogen-bond acceptors (Lipinski definition) is 3. The third-order valence-corrected chi connectivity index (χ3v) is 4.82. The molecule has 0 aromatic heterocycles. The SMILES string of the molecule is CC(C)C(C)CNS(=O)(=O)c1cccc(C(N)=S)c1. The summed E-state index contributed by atoms with van der Waals surface area (Å²) < 4.78 is 26.9. The number of sulfonamides is 1. The van der Waals surface area contributed by atoms with Crippen molar-refractivity contribution in [3.63, 3.8) is 0 Å². The quantitative estimate of drug-likeness (QED) is 0.787. The molecule has 0 radical (unpaired) electrons. The molecule has 1 rings (SSSR count). The molecule has 1 atom stereocenters. The molecule has 1 aromatic carbocycles. The minimum atomic E-state index is -3.51. The summed E-state index contributed by atoms with van der Waals surface area (Å²) in [6.07, 6.45) is 0. The first kappa shape index (κ1) is 16.1. The van der Waals surface area contributed by atoms with Crippen molar-refractivity contribution in [2.75, 3.05) is 6.54 Å². The van der Waals surface area contributed by atoms with Gasteiger partial charge in [-0.1, -0.05) is 45.1 Å². The maximum Gasteiger partial charge on any atom is 0.240 e. The number of thiocarbonyl (C=S) groups is 1. The van der Waals surface area contributed by atoms with Gasteiger partial charge in [-0.3, -0.25) is 0 Å². The lowest BCUT2D eigenvalue weighted by atomic mass is 9.99. The summed E-state index contributed by atoms with van der Waals surface area (Å²) in [7, 11) is -3.51. The van der Waals surface area contributed by atoms with Crippen LogP contribution < -0.4 is 10.5 Å². The highest BCUT2D eigenvalue weighted by atomic mass is 32.2. The van der Waals surface area contributed by atoms with Crippen LogP contribution in [0.15, 0.2) is 29.2 Å². The Morgan fingerprint density at radius 3 is 2.53 bits per heavy atom. The van der Waals surface area contributed by atoms with Gasteiger partial charge in [-0.2, -0.15) is 0 Å². The average Bonchev–Trinajstić information content (AvgIpc) is 2.36. The Labute approximate surface area is 120 Å². The van der Waals surface area contributed by atoms with E-state index < -0.39 is 10.0 Å².